The molecule has 0 unspecified atom stereocenters. The van der Waals surface area contributed by atoms with Gasteiger partial charge < -0.3 is 10.4 Å². The van der Waals surface area contributed by atoms with Crippen LogP contribution in [-0.2, 0) is 0 Å². The number of nitrogens with zero attached hydrogens (tertiary/aromatic N) is 1. The number of nitrogens with one attached hydrogen (secondary N) is 1. The van der Waals surface area contributed by atoms with Crippen LogP contribution in [0.25, 0.3) is 10.9 Å². The summed E-state index contributed by atoms with van der Waals surface area (Å²) in [4.78, 5) is 16.3. The molecule has 0 spiro atoms. The van der Waals surface area contributed by atoms with Gasteiger partial charge in [-0.05, 0) is 37.6 Å². The lowest BCUT2D eigenvalue weighted by molar-refractivity contribution is 0.0952. The third kappa shape index (κ3) is 3.06. The Labute approximate surface area is 110 Å². The molecule has 2 rings (SSSR count). The minimum atomic E-state index is -0.400. The second kappa shape index (κ2) is 5.75. The third-order valence-electron chi connectivity index (χ3n) is 2.76. The molecule has 0 aliphatic carbocycles. The molecule has 0 saturated carbocycles. The molecule has 1 amide bonds. The van der Waals surface area contributed by atoms with Gasteiger partial charge in [-0.25, -0.2) is 4.39 Å². The molecule has 1 aromatic carbocycles. The highest BCUT2D eigenvalue weighted by Gasteiger charge is 2.12. The van der Waals surface area contributed by atoms with Gasteiger partial charge in [0.25, 0.3) is 5.91 Å². The highest BCUT2D eigenvalue weighted by molar-refractivity contribution is 6.06. The highest BCUT2D eigenvalue weighted by atomic mass is 19.1. The van der Waals surface area contributed by atoms with Crippen molar-refractivity contribution in [1.29, 1.82) is 0 Å². The summed E-state index contributed by atoms with van der Waals surface area (Å²) >= 11 is 0. The molecule has 0 bridgehead atoms. The minimum absolute atomic E-state index is 0.0189. The van der Waals surface area contributed by atoms with E-state index in [9.17, 15) is 9.18 Å². The largest absolute Gasteiger partial charge is 0.396 e. The quantitative estimate of drug-likeness (QED) is 0.826. The standard InChI is InChI=1S/C14H15FN2O2/c1-9-7-12(14(19)16-5-2-6-18)11-8-10(15)3-4-13(11)17-9/h3-4,7-8,18H,2,5-6H2,1H3,(H,16,19). The molecule has 2 aromatic rings. The van der Waals surface area contributed by atoms with Crippen molar-refractivity contribution in [3.8, 4) is 0 Å². The van der Waals surface area contributed by atoms with E-state index in [-0.39, 0.29) is 12.5 Å². The Kier molecular flexibility index (Phi) is 4.06. The molecule has 5 heteroatoms. The maximum atomic E-state index is 13.3. The van der Waals surface area contributed by atoms with Crippen molar-refractivity contribution in [2.45, 2.75) is 13.3 Å². The SMILES string of the molecule is Cc1cc(C(=O)NCCCO)c2cc(F)ccc2n1. The molecule has 100 valence electrons. The second-order valence-corrected chi connectivity index (χ2v) is 4.31. The zero-order valence-corrected chi connectivity index (χ0v) is 10.6. The van der Waals surface area contributed by atoms with Gasteiger partial charge in [0.1, 0.15) is 5.82 Å². The number of rotatable bonds is 4. The number of pyridine rings is 1. The van der Waals surface area contributed by atoms with E-state index in [2.05, 4.69) is 10.3 Å². The number of halogens is 1. The molecule has 1 heterocycles. The Morgan fingerprint density at radius 2 is 2.21 bits per heavy atom. The number of amides is 1. The lowest BCUT2D eigenvalue weighted by Crippen LogP contribution is -2.25. The molecular weight excluding hydrogens is 247 g/mol. The average molecular weight is 262 g/mol. The Morgan fingerprint density at radius 3 is 2.95 bits per heavy atom. The van der Waals surface area contributed by atoms with E-state index in [0.717, 1.165) is 0 Å². The topological polar surface area (TPSA) is 62.2 Å². The Bertz CT molecular complexity index is 614. The van der Waals surface area contributed by atoms with Crippen molar-refractivity contribution in [3.05, 3.63) is 41.3 Å². The normalized spacial score (nSPS) is 10.7. The van der Waals surface area contributed by atoms with Crippen molar-refractivity contribution < 1.29 is 14.3 Å². The monoisotopic (exact) mass is 262 g/mol. The molecular formula is C14H15FN2O2. The fourth-order valence-corrected chi connectivity index (χ4v) is 1.89. The summed E-state index contributed by atoms with van der Waals surface area (Å²) in [5, 5.41) is 11.9. The van der Waals surface area contributed by atoms with Crippen LogP contribution < -0.4 is 5.32 Å². The highest BCUT2D eigenvalue weighted by Crippen LogP contribution is 2.19. The Morgan fingerprint density at radius 1 is 1.42 bits per heavy atom. The van der Waals surface area contributed by atoms with Gasteiger partial charge in [0, 0.05) is 24.2 Å². The summed E-state index contributed by atoms with van der Waals surface area (Å²) < 4.78 is 13.3. The van der Waals surface area contributed by atoms with E-state index in [1.807, 2.05) is 0 Å². The number of benzene rings is 1. The fourth-order valence-electron chi connectivity index (χ4n) is 1.89. The zero-order chi connectivity index (χ0) is 13.8. The van der Waals surface area contributed by atoms with Crippen LogP contribution in [0.15, 0.2) is 24.3 Å². The summed E-state index contributed by atoms with van der Waals surface area (Å²) in [6.07, 6.45) is 0.488. The van der Waals surface area contributed by atoms with Crippen molar-refractivity contribution in [2.24, 2.45) is 0 Å². The van der Waals surface area contributed by atoms with Crippen LogP contribution in [0.4, 0.5) is 4.39 Å². The summed E-state index contributed by atoms with van der Waals surface area (Å²) in [5.41, 5.74) is 1.69. The van der Waals surface area contributed by atoms with Crippen molar-refractivity contribution >= 4 is 16.8 Å². The van der Waals surface area contributed by atoms with Gasteiger partial charge in [0.05, 0.1) is 11.1 Å². The zero-order valence-electron chi connectivity index (χ0n) is 10.6. The number of carbonyl (C=O) groups is 1. The van der Waals surface area contributed by atoms with Crippen LogP contribution in [0, 0.1) is 12.7 Å². The molecule has 2 N–H and O–H groups in total. The molecule has 4 nitrogen and oxygen atoms in total. The molecule has 0 aliphatic rings. The first-order valence-corrected chi connectivity index (χ1v) is 6.08. The number of carbonyl (C=O) groups excluding carboxylic acids is 1. The maximum Gasteiger partial charge on any atom is 0.252 e. The van der Waals surface area contributed by atoms with Crippen LogP contribution in [0.2, 0.25) is 0 Å². The van der Waals surface area contributed by atoms with Crippen LogP contribution in [0.1, 0.15) is 22.5 Å². The number of aromatic nitrogens is 1. The molecule has 0 saturated heterocycles. The van der Waals surface area contributed by atoms with Gasteiger partial charge in [-0.2, -0.15) is 0 Å². The second-order valence-electron chi connectivity index (χ2n) is 4.31. The van der Waals surface area contributed by atoms with Crippen molar-refractivity contribution in [1.82, 2.24) is 10.3 Å². The Hall–Kier alpha value is -2.01. The minimum Gasteiger partial charge on any atom is -0.396 e. The first kappa shape index (κ1) is 13.4. The fraction of sp³-hybridized carbons (Fsp3) is 0.286. The number of hydrogen-bond donors (Lipinski definition) is 2. The molecule has 0 aliphatic heterocycles. The van der Waals surface area contributed by atoms with E-state index in [1.54, 1.807) is 19.1 Å². The molecule has 1 aromatic heterocycles. The van der Waals surface area contributed by atoms with Gasteiger partial charge in [-0.1, -0.05) is 0 Å². The van der Waals surface area contributed by atoms with E-state index in [0.29, 0.717) is 35.1 Å². The van der Waals surface area contributed by atoms with Gasteiger partial charge in [-0.3, -0.25) is 9.78 Å². The third-order valence-corrected chi connectivity index (χ3v) is 2.76. The molecule has 0 radical (unpaired) electrons. The number of aliphatic hydroxyl groups is 1. The molecule has 19 heavy (non-hydrogen) atoms. The van der Waals surface area contributed by atoms with E-state index < -0.39 is 5.82 Å². The van der Waals surface area contributed by atoms with E-state index >= 15 is 0 Å². The number of fused-ring (bicyclic) bond motifs is 1. The van der Waals surface area contributed by atoms with Crippen LogP contribution >= 0.6 is 0 Å². The number of aryl methyl sites for hydroxylation is 1. The molecule has 0 atom stereocenters. The smallest absolute Gasteiger partial charge is 0.252 e. The summed E-state index contributed by atoms with van der Waals surface area (Å²) in [5.74, 6) is -0.683. The maximum absolute atomic E-state index is 13.3. The van der Waals surface area contributed by atoms with Crippen LogP contribution in [0.3, 0.4) is 0 Å². The van der Waals surface area contributed by atoms with Crippen LogP contribution in [-0.4, -0.2) is 29.1 Å². The first-order chi connectivity index (χ1) is 9.11. The van der Waals surface area contributed by atoms with E-state index in [1.165, 1.54) is 12.1 Å². The predicted octanol–water partition coefficient (Wildman–Crippen LogP) is 1.79. The van der Waals surface area contributed by atoms with Gasteiger partial charge >= 0.3 is 0 Å². The lowest BCUT2D eigenvalue weighted by Gasteiger charge is -2.08. The summed E-state index contributed by atoms with van der Waals surface area (Å²) in [7, 11) is 0. The van der Waals surface area contributed by atoms with Gasteiger partial charge in [0.15, 0.2) is 0 Å². The predicted molar refractivity (Wildman–Crippen MR) is 70.5 cm³/mol. The van der Waals surface area contributed by atoms with Crippen molar-refractivity contribution in [3.63, 3.8) is 0 Å². The van der Waals surface area contributed by atoms with Gasteiger partial charge in [-0.15, -0.1) is 0 Å². The summed E-state index contributed by atoms with van der Waals surface area (Å²) in [6, 6.07) is 5.82. The van der Waals surface area contributed by atoms with E-state index in [4.69, 9.17) is 5.11 Å². The average Bonchev–Trinajstić information content (AvgIpc) is 2.38. The number of aliphatic hydroxyl groups excluding tert-OH is 1. The van der Waals surface area contributed by atoms with Crippen LogP contribution in [0.5, 0.6) is 0 Å². The Balaban J connectivity index is 2.40. The van der Waals surface area contributed by atoms with Crippen molar-refractivity contribution in [2.75, 3.05) is 13.2 Å². The molecule has 0 fully saturated rings. The number of hydrogen-bond acceptors (Lipinski definition) is 3. The summed E-state index contributed by atoms with van der Waals surface area (Å²) in [6.45, 7) is 2.19. The van der Waals surface area contributed by atoms with Gasteiger partial charge in [0.2, 0.25) is 0 Å². The lowest BCUT2D eigenvalue weighted by atomic mass is 10.1. The first-order valence-electron chi connectivity index (χ1n) is 6.08.